The second kappa shape index (κ2) is 9.67. The molecular weight excluding hydrogens is 320 g/mol. The van der Waals surface area contributed by atoms with Gasteiger partial charge in [0.1, 0.15) is 10.7 Å². The Bertz CT molecular complexity index is 619. The molecular formula is C20H26O3S. The summed E-state index contributed by atoms with van der Waals surface area (Å²) in [4.78, 5) is 24.5. The molecule has 0 amide bonds. The highest BCUT2D eigenvalue weighted by Crippen LogP contribution is 2.34. The van der Waals surface area contributed by atoms with E-state index in [0.29, 0.717) is 11.1 Å². The van der Waals surface area contributed by atoms with Crippen molar-refractivity contribution < 1.29 is 14.7 Å². The van der Waals surface area contributed by atoms with Gasteiger partial charge in [-0.25, -0.2) is 0 Å². The van der Waals surface area contributed by atoms with Crippen LogP contribution in [0.4, 0.5) is 0 Å². The maximum Gasteiger partial charge on any atom is 0.243 e. The molecule has 0 fully saturated rings. The Balaban J connectivity index is 1.80. The quantitative estimate of drug-likeness (QED) is 0.445. The van der Waals surface area contributed by atoms with Gasteiger partial charge < -0.3 is 5.11 Å². The van der Waals surface area contributed by atoms with E-state index in [2.05, 4.69) is 6.92 Å². The molecule has 2 rings (SSSR count). The normalized spacial score (nSPS) is 14.2. The molecule has 0 radical (unpaired) electrons. The number of hydrogen-bond acceptors (Lipinski definition) is 4. The number of carbonyl (C=O) groups excluding carboxylic acids is 2. The Hall–Kier alpha value is -1.55. The highest BCUT2D eigenvalue weighted by atomic mass is 32.2. The fourth-order valence-corrected chi connectivity index (χ4v) is 3.91. The number of thioether (sulfide) groups is 1. The van der Waals surface area contributed by atoms with Gasteiger partial charge in [-0.3, -0.25) is 9.59 Å². The van der Waals surface area contributed by atoms with Crippen molar-refractivity contribution in [3.05, 3.63) is 40.3 Å². The number of benzene rings is 1. The van der Waals surface area contributed by atoms with Crippen molar-refractivity contribution in [2.45, 2.75) is 58.3 Å². The van der Waals surface area contributed by atoms with Gasteiger partial charge in [0, 0.05) is 11.1 Å². The highest BCUT2D eigenvalue weighted by molar-refractivity contribution is 8.04. The van der Waals surface area contributed by atoms with Gasteiger partial charge in [-0.15, -0.1) is 11.8 Å². The molecule has 0 heterocycles. The van der Waals surface area contributed by atoms with Crippen molar-refractivity contribution in [2.24, 2.45) is 0 Å². The summed E-state index contributed by atoms with van der Waals surface area (Å²) in [6.07, 6.45) is 9.82. The van der Waals surface area contributed by atoms with Crippen LogP contribution < -0.4 is 0 Å². The van der Waals surface area contributed by atoms with Crippen molar-refractivity contribution in [1.82, 2.24) is 0 Å². The molecule has 0 aliphatic heterocycles. The lowest BCUT2D eigenvalue weighted by Gasteiger charge is -2.17. The lowest BCUT2D eigenvalue weighted by atomic mass is 9.94. The van der Waals surface area contributed by atoms with E-state index in [9.17, 15) is 14.7 Å². The first-order chi connectivity index (χ1) is 11.7. The van der Waals surface area contributed by atoms with E-state index in [1.54, 1.807) is 24.3 Å². The van der Waals surface area contributed by atoms with Crippen LogP contribution in [-0.4, -0.2) is 22.4 Å². The molecule has 0 bridgehead atoms. The number of hydrogen-bond donors (Lipinski definition) is 1. The minimum atomic E-state index is -0.573. The van der Waals surface area contributed by atoms with Crippen LogP contribution in [0.1, 0.15) is 74.2 Å². The summed E-state index contributed by atoms with van der Waals surface area (Å²) in [6.45, 7) is 2.22. The topological polar surface area (TPSA) is 54.4 Å². The van der Waals surface area contributed by atoms with Crippen LogP contribution in [0.25, 0.3) is 5.76 Å². The Morgan fingerprint density at radius 3 is 2.08 bits per heavy atom. The average molecular weight is 346 g/mol. The van der Waals surface area contributed by atoms with Gasteiger partial charge in [0.25, 0.3) is 0 Å². The van der Waals surface area contributed by atoms with Crippen LogP contribution in [0.5, 0.6) is 0 Å². The number of fused-ring (bicyclic) bond motifs is 1. The van der Waals surface area contributed by atoms with E-state index in [4.69, 9.17) is 0 Å². The van der Waals surface area contributed by atoms with Crippen LogP contribution in [0.2, 0.25) is 0 Å². The summed E-state index contributed by atoms with van der Waals surface area (Å²) in [7, 11) is 0. The second-order valence-electron chi connectivity index (χ2n) is 6.20. The van der Waals surface area contributed by atoms with Gasteiger partial charge in [-0.2, -0.15) is 0 Å². The van der Waals surface area contributed by atoms with Crippen molar-refractivity contribution >= 4 is 29.1 Å². The zero-order valence-corrected chi connectivity index (χ0v) is 15.2. The minimum Gasteiger partial charge on any atom is -0.506 e. The van der Waals surface area contributed by atoms with Crippen LogP contribution in [0.15, 0.2) is 29.2 Å². The Morgan fingerprint density at radius 2 is 1.42 bits per heavy atom. The Labute approximate surface area is 148 Å². The number of aliphatic hydroxyl groups is 1. The molecule has 1 N–H and O–H groups in total. The Morgan fingerprint density at radius 1 is 0.833 bits per heavy atom. The first-order valence-corrected chi connectivity index (χ1v) is 9.89. The molecule has 24 heavy (non-hydrogen) atoms. The van der Waals surface area contributed by atoms with Crippen LogP contribution in [0.3, 0.4) is 0 Å². The standard InChI is InChI=1S/C20H26O3S/c1-2-3-4-5-6-7-8-11-14-24-20-18(22)16-13-10-9-12-15(16)17(21)19(20)23/h9-10,12-13,22H,2-8,11,14H2,1H3. The summed E-state index contributed by atoms with van der Waals surface area (Å²) in [5.41, 5.74) is 0.775. The van der Waals surface area contributed by atoms with E-state index in [-0.39, 0.29) is 10.7 Å². The molecule has 0 unspecified atom stereocenters. The third-order valence-electron chi connectivity index (χ3n) is 4.30. The summed E-state index contributed by atoms with van der Waals surface area (Å²) in [5.74, 6) is -0.368. The first-order valence-electron chi connectivity index (χ1n) is 8.91. The summed E-state index contributed by atoms with van der Waals surface area (Å²) in [6, 6.07) is 6.74. The van der Waals surface area contributed by atoms with Crippen LogP contribution in [0, 0.1) is 0 Å². The van der Waals surface area contributed by atoms with Gasteiger partial charge in [0.05, 0.1) is 0 Å². The van der Waals surface area contributed by atoms with E-state index < -0.39 is 11.6 Å². The highest BCUT2D eigenvalue weighted by Gasteiger charge is 2.32. The van der Waals surface area contributed by atoms with Crippen molar-refractivity contribution in [3.8, 4) is 0 Å². The molecule has 130 valence electrons. The van der Waals surface area contributed by atoms with Crippen LogP contribution in [-0.2, 0) is 4.79 Å². The predicted octanol–water partition coefficient (Wildman–Crippen LogP) is 5.55. The lowest BCUT2D eigenvalue weighted by molar-refractivity contribution is -0.111. The van der Waals surface area contributed by atoms with E-state index in [0.717, 1.165) is 18.6 Å². The van der Waals surface area contributed by atoms with Gasteiger partial charge in [-0.1, -0.05) is 76.1 Å². The minimum absolute atomic E-state index is 0.0419. The molecule has 4 heteroatoms. The van der Waals surface area contributed by atoms with Crippen molar-refractivity contribution in [2.75, 3.05) is 5.75 Å². The van der Waals surface area contributed by atoms with Gasteiger partial charge >= 0.3 is 0 Å². The number of aliphatic hydroxyl groups excluding tert-OH is 1. The number of Topliss-reactive ketones (excluding diaryl/α,β-unsaturated/α-hetero) is 2. The summed E-state index contributed by atoms with van der Waals surface area (Å²) >= 11 is 1.31. The summed E-state index contributed by atoms with van der Waals surface area (Å²) in [5, 5.41) is 10.3. The fourth-order valence-electron chi connectivity index (χ4n) is 2.89. The monoisotopic (exact) mass is 346 g/mol. The zero-order valence-electron chi connectivity index (χ0n) is 14.3. The zero-order chi connectivity index (χ0) is 17.4. The predicted molar refractivity (Wildman–Crippen MR) is 100 cm³/mol. The molecule has 1 aliphatic carbocycles. The van der Waals surface area contributed by atoms with E-state index in [1.165, 1.54) is 50.3 Å². The molecule has 3 nitrogen and oxygen atoms in total. The number of ketones is 2. The number of allylic oxidation sites excluding steroid dienone is 1. The largest absolute Gasteiger partial charge is 0.506 e. The number of rotatable bonds is 10. The molecule has 0 saturated carbocycles. The molecule has 1 aliphatic rings. The third-order valence-corrected chi connectivity index (χ3v) is 5.46. The Kier molecular flexibility index (Phi) is 7.57. The van der Waals surface area contributed by atoms with Gasteiger partial charge in [-0.05, 0) is 12.2 Å². The van der Waals surface area contributed by atoms with E-state index in [1.807, 2.05) is 0 Å². The van der Waals surface area contributed by atoms with Gasteiger partial charge in [0.15, 0.2) is 0 Å². The summed E-state index contributed by atoms with van der Waals surface area (Å²) < 4.78 is 0. The van der Waals surface area contributed by atoms with Gasteiger partial charge in [0.2, 0.25) is 11.6 Å². The van der Waals surface area contributed by atoms with Crippen molar-refractivity contribution in [3.63, 3.8) is 0 Å². The third kappa shape index (κ3) is 4.73. The second-order valence-corrected chi connectivity index (χ2v) is 7.31. The molecule has 1 aromatic carbocycles. The smallest absolute Gasteiger partial charge is 0.243 e. The maximum atomic E-state index is 12.2. The maximum absolute atomic E-state index is 12.2. The number of carbonyl (C=O) groups is 2. The van der Waals surface area contributed by atoms with Crippen LogP contribution >= 0.6 is 11.8 Å². The SMILES string of the molecule is CCCCCCCCCCSC1=C(O)c2ccccc2C(=O)C1=O. The number of unbranched alkanes of at least 4 members (excludes halogenated alkanes) is 7. The lowest BCUT2D eigenvalue weighted by Crippen LogP contribution is -2.22. The van der Waals surface area contributed by atoms with E-state index >= 15 is 0 Å². The average Bonchev–Trinajstić information content (AvgIpc) is 2.61. The van der Waals surface area contributed by atoms with Crippen molar-refractivity contribution in [1.29, 1.82) is 0 Å². The molecule has 0 spiro atoms. The fraction of sp³-hybridized carbons (Fsp3) is 0.500. The molecule has 0 saturated heterocycles. The first kappa shape index (κ1) is 18.8. The molecule has 0 aromatic heterocycles. The molecule has 0 atom stereocenters. The molecule has 1 aromatic rings.